The number of pyridine rings is 1. The van der Waals surface area contributed by atoms with Gasteiger partial charge in [-0.15, -0.1) is 0 Å². The molecule has 64 valence electrons. The van der Waals surface area contributed by atoms with Crippen LogP contribution >= 0.6 is 0 Å². The predicted molar refractivity (Wildman–Crippen MR) is 51.8 cm³/mol. The van der Waals surface area contributed by atoms with Crippen LogP contribution in [0.3, 0.4) is 0 Å². The quantitative estimate of drug-likeness (QED) is 0.682. The number of nitrogens with zero attached hydrogens (tertiary/aromatic N) is 1. The Morgan fingerprint density at radius 2 is 2.50 bits per heavy atom. The second kappa shape index (κ2) is 5.49. The molecule has 0 fully saturated rings. The Kier molecular flexibility index (Phi) is 4.09. The van der Waals surface area contributed by atoms with Crippen molar-refractivity contribution in [3.63, 3.8) is 0 Å². The number of hydrogen-bond acceptors (Lipinski definition) is 2. The first-order chi connectivity index (χ1) is 5.93. The fourth-order valence-corrected chi connectivity index (χ4v) is 0.922. The van der Waals surface area contributed by atoms with Crippen LogP contribution in [0.5, 0.6) is 0 Å². The van der Waals surface area contributed by atoms with Gasteiger partial charge in [0, 0.05) is 12.4 Å². The van der Waals surface area contributed by atoms with E-state index in [0.717, 1.165) is 18.5 Å². The van der Waals surface area contributed by atoms with Crippen molar-refractivity contribution in [2.45, 2.75) is 6.42 Å². The van der Waals surface area contributed by atoms with E-state index in [9.17, 15) is 0 Å². The molecule has 0 bridgehead atoms. The predicted octanol–water partition coefficient (Wildman–Crippen LogP) is 1.70. The Morgan fingerprint density at radius 1 is 1.58 bits per heavy atom. The zero-order chi connectivity index (χ0) is 8.65. The Morgan fingerprint density at radius 3 is 3.17 bits per heavy atom. The first kappa shape index (κ1) is 8.94. The maximum Gasteiger partial charge on any atom is 0.0340 e. The minimum absolute atomic E-state index is 1.02. The molecule has 1 aromatic heterocycles. The monoisotopic (exact) mass is 162 g/mol. The van der Waals surface area contributed by atoms with Crippen LogP contribution in [0.25, 0.3) is 6.08 Å². The van der Waals surface area contributed by atoms with Gasteiger partial charge in [0.1, 0.15) is 0 Å². The molecule has 0 unspecified atom stereocenters. The van der Waals surface area contributed by atoms with Crippen LogP contribution in [0.1, 0.15) is 12.0 Å². The maximum absolute atomic E-state index is 4.02. The average molecular weight is 162 g/mol. The third-order valence-electron chi connectivity index (χ3n) is 1.56. The molecule has 0 aromatic carbocycles. The highest BCUT2D eigenvalue weighted by Gasteiger charge is 1.82. The average Bonchev–Trinajstić information content (AvgIpc) is 2.14. The minimum atomic E-state index is 1.02. The van der Waals surface area contributed by atoms with Crippen molar-refractivity contribution in [2.75, 3.05) is 13.6 Å². The van der Waals surface area contributed by atoms with E-state index in [1.807, 2.05) is 25.4 Å². The molecule has 1 aromatic rings. The van der Waals surface area contributed by atoms with Gasteiger partial charge in [0.2, 0.25) is 0 Å². The van der Waals surface area contributed by atoms with Gasteiger partial charge in [-0.2, -0.15) is 0 Å². The van der Waals surface area contributed by atoms with E-state index in [-0.39, 0.29) is 0 Å². The van der Waals surface area contributed by atoms with Gasteiger partial charge >= 0.3 is 0 Å². The van der Waals surface area contributed by atoms with Crippen molar-refractivity contribution in [1.29, 1.82) is 0 Å². The molecule has 0 aliphatic heterocycles. The molecular formula is C10H14N2. The molecule has 1 N–H and O–H groups in total. The zero-order valence-electron chi connectivity index (χ0n) is 7.33. The highest BCUT2D eigenvalue weighted by molar-refractivity contribution is 5.47. The van der Waals surface area contributed by atoms with Crippen molar-refractivity contribution in [3.8, 4) is 0 Å². The molecule has 1 rings (SSSR count). The summed E-state index contributed by atoms with van der Waals surface area (Å²) in [6.45, 7) is 1.02. The Hall–Kier alpha value is -1.15. The van der Waals surface area contributed by atoms with Gasteiger partial charge in [-0.1, -0.05) is 18.2 Å². The number of hydrogen-bond donors (Lipinski definition) is 1. The van der Waals surface area contributed by atoms with E-state index in [4.69, 9.17) is 0 Å². The summed E-state index contributed by atoms with van der Waals surface area (Å²) in [6, 6.07) is 3.99. The lowest BCUT2D eigenvalue weighted by Crippen LogP contribution is -2.05. The summed E-state index contributed by atoms with van der Waals surface area (Å²) in [4.78, 5) is 4.02. The summed E-state index contributed by atoms with van der Waals surface area (Å²) in [6.07, 6.45) is 8.93. The highest BCUT2D eigenvalue weighted by Crippen LogP contribution is 1.98. The van der Waals surface area contributed by atoms with Crippen LogP contribution in [0.2, 0.25) is 0 Å². The highest BCUT2D eigenvalue weighted by atomic mass is 14.8. The summed E-state index contributed by atoms with van der Waals surface area (Å²) >= 11 is 0. The molecule has 0 atom stereocenters. The molecule has 12 heavy (non-hydrogen) atoms. The van der Waals surface area contributed by atoms with E-state index in [2.05, 4.69) is 22.5 Å². The van der Waals surface area contributed by atoms with Crippen molar-refractivity contribution < 1.29 is 0 Å². The van der Waals surface area contributed by atoms with E-state index in [1.54, 1.807) is 6.20 Å². The molecule has 0 aliphatic rings. The molecule has 1 heterocycles. The molecule has 0 aliphatic carbocycles. The second-order valence-corrected chi connectivity index (χ2v) is 2.58. The minimum Gasteiger partial charge on any atom is -0.319 e. The summed E-state index contributed by atoms with van der Waals surface area (Å²) in [5.41, 5.74) is 1.16. The summed E-state index contributed by atoms with van der Waals surface area (Å²) < 4.78 is 0. The van der Waals surface area contributed by atoms with Gasteiger partial charge < -0.3 is 5.32 Å². The molecule has 0 saturated carbocycles. The smallest absolute Gasteiger partial charge is 0.0340 e. The lowest BCUT2D eigenvalue weighted by atomic mass is 10.2. The topological polar surface area (TPSA) is 24.9 Å². The van der Waals surface area contributed by atoms with Crippen molar-refractivity contribution in [3.05, 3.63) is 36.2 Å². The van der Waals surface area contributed by atoms with Gasteiger partial charge in [0.25, 0.3) is 0 Å². The molecule has 0 amide bonds. The zero-order valence-corrected chi connectivity index (χ0v) is 7.33. The Balaban J connectivity index is 2.36. The van der Waals surface area contributed by atoms with E-state index in [1.165, 1.54) is 0 Å². The van der Waals surface area contributed by atoms with Crippen LogP contribution in [0.15, 0.2) is 30.6 Å². The summed E-state index contributed by atoms with van der Waals surface area (Å²) in [7, 11) is 1.96. The van der Waals surface area contributed by atoms with Gasteiger partial charge in [-0.25, -0.2) is 0 Å². The van der Waals surface area contributed by atoms with Crippen molar-refractivity contribution in [1.82, 2.24) is 10.3 Å². The third kappa shape index (κ3) is 3.30. The van der Waals surface area contributed by atoms with Crippen LogP contribution in [-0.4, -0.2) is 18.6 Å². The van der Waals surface area contributed by atoms with Crippen LogP contribution < -0.4 is 5.32 Å². The second-order valence-electron chi connectivity index (χ2n) is 2.58. The SMILES string of the molecule is CNCC/C=C/c1cccnc1. The summed E-state index contributed by atoms with van der Waals surface area (Å²) in [5.74, 6) is 0. The maximum atomic E-state index is 4.02. The largest absolute Gasteiger partial charge is 0.319 e. The third-order valence-corrected chi connectivity index (χ3v) is 1.56. The molecule has 0 radical (unpaired) electrons. The van der Waals surface area contributed by atoms with E-state index >= 15 is 0 Å². The van der Waals surface area contributed by atoms with Crippen LogP contribution in [0, 0.1) is 0 Å². The number of aromatic nitrogens is 1. The van der Waals surface area contributed by atoms with E-state index in [0.29, 0.717) is 0 Å². The van der Waals surface area contributed by atoms with Crippen molar-refractivity contribution in [2.24, 2.45) is 0 Å². The lowest BCUT2D eigenvalue weighted by molar-refractivity contribution is 0.809. The first-order valence-electron chi connectivity index (χ1n) is 4.14. The van der Waals surface area contributed by atoms with Gasteiger partial charge in [-0.05, 0) is 31.6 Å². The molecule has 2 nitrogen and oxygen atoms in total. The molecule has 0 spiro atoms. The molecule has 2 heteroatoms. The normalized spacial score (nSPS) is 10.8. The van der Waals surface area contributed by atoms with E-state index < -0.39 is 0 Å². The molecular weight excluding hydrogens is 148 g/mol. The van der Waals surface area contributed by atoms with Gasteiger partial charge in [0.15, 0.2) is 0 Å². The summed E-state index contributed by atoms with van der Waals surface area (Å²) in [5, 5.41) is 3.09. The van der Waals surface area contributed by atoms with Crippen LogP contribution in [-0.2, 0) is 0 Å². The van der Waals surface area contributed by atoms with Crippen LogP contribution in [0.4, 0.5) is 0 Å². The Bertz CT molecular complexity index is 229. The lowest BCUT2D eigenvalue weighted by Gasteiger charge is -1.92. The Labute approximate surface area is 73.3 Å². The fraction of sp³-hybridized carbons (Fsp3) is 0.300. The molecule has 0 saturated heterocycles. The van der Waals surface area contributed by atoms with Gasteiger partial charge in [0.05, 0.1) is 0 Å². The fourth-order valence-electron chi connectivity index (χ4n) is 0.922. The van der Waals surface area contributed by atoms with Crippen molar-refractivity contribution >= 4 is 6.08 Å². The number of nitrogens with one attached hydrogen (secondary N) is 1. The first-order valence-corrected chi connectivity index (χ1v) is 4.14. The standard InChI is InChI=1S/C10H14N2/c1-11-7-3-2-5-10-6-4-8-12-9-10/h2,4-6,8-9,11H,3,7H2,1H3/b5-2+. The van der Waals surface area contributed by atoms with Gasteiger partial charge in [-0.3, -0.25) is 4.98 Å². The number of rotatable bonds is 4.